The van der Waals surface area contributed by atoms with Crippen molar-refractivity contribution in [2.75, 3.05) is 6.54 Å². The number of rotatable bonds is 8. The molecule has 26 heavy (non-hydrogen) atoms. The van der Waals surface area contributed by atoms with Crippen molar-refractivity contribution in [2.45, 2.75) is 60.0 Å². The number of nitrogens with zero attached hydrogens (tertiary/aromatic N) is 1. The summed E-state index contributed by atoms with van der Waals surface area (Å²) in [6.45, 7) is 9.85. The highest BCUT2D eigenvalue weighted by molar-refractivity contribution is 6.06. The van der Waals surface area contributed by atoms with E-state index >= 15 is 0 Å². The predicted molar refractivity (Wildman–Crippen MR) is 94.7 cm³/mol. The molecule has 1 fully saturated rings. The van der Waals surface area contributed by atoms with Gasteiger partial charge in [-0.3, -0.25) is 28.9 Å². The van der Waals surface area contributed by atoms with Crippen LogP contribution in [0.2, 0.25) is 0 Å². The Balaban J connectivity index is 2.57. The molecule has 4 amide bonds. The molecule has 0 aromatic rings. The van der Waals surface area contributed by atoms with Crippen LogP contribution >= 0.6 is 0 Å². The van der Waals surface area contributed by atoms with Crippen LogP contribution in [0.1, 0.15) is 48.0 Å². The minimum atomic E-state index is -0.890. The number of amides is 4. The Labute approximate surface area is 154 Å². The molecule has 146 valence electrons. The Hall–Kier alpha value is -2.25. The van der Waals surface area contributed by atoms with Crippen molar-refractivity contribution in [3.05, 3.63) is 0 Å². The number of hydrogen-bond donors (Lipinski definition) is 2. The summed E-state index contributed by atoms with van der Waals surface area (Å²) in [7, 11) is 0. The minimum absolute atomic E-state index is 0.0178. The second kappa shape index (κ2) is 8.91. The van der Waals surface area contributed by atoms with Crippen molar-refractivity contribution in [3.8, 4) is 0 Å². The van der Waals surface area contributed by atoms with Crippen LogP contribution < -0.4 is 10.6 Å². The van der Waals surface area contributed by atoms with Crippen molar-refractivity contribution >= 4 is 29.4 Å². The van der Waals surface area contributed by atoms with Crippen LogP contribution in [0.25, 0.3) is 0 Å². The monoisotopic (exact) mass is 367 g/mol. The molecule has 0 aromatic heterocycles. The number of hydrogen-bond acceptors (Lipinski definition) is 5. The van der Waals surface area contributed by atoms with Crippen LogP contribution in [0.15, 0.2) is 0 Å². The largest absolute Gasteiger partial charge is 0.345 e. The molecule has 0 radical (unpaired) electrons. The van der Waals surface area contributed by atoms with Crippen LogP contribution in [0.5, 0.6) is 0 Å². The maximum atomic E-state index is 12.2. The van der Waals surface area contributed by atoms with Gasteiger partial charge in [-0.05, 0) is 19.8 Å². The molecule has 8 nitrogen and oxygen atoms in total. The van der Waals surface area contributed by atoms with Gasteiger partial charge in [-0.15, -0.1) is 0 Å². The first-order chi connectivity index (χ1) is 12.0. The lowest BCUT2D eigenvalue weighted by Crippen LogP contribution is -2.52. The number of ketones is 1. The molecule has 1 aliphatic rings. The second-order valence-corrected chi connectivity index (χ2v) is 7.45. The normalized spacial score (nSPS) is 19.7. The van der Waals surface area contributed by atoms with E-state index in [1.165, 1.54) is 6.92 Å². The van der Waals surface area contributed by atoms with E-state index < -0.39 is 36.4 Å². The van der Waals surface area contributed by atoms with Gasteiger partial charge in [-0.25, -0.2) is 0 Å². The van der Waals surface area contributed by atoms with E-state index in [1.807, 2.05) is 13.8 Å². The summed E-state index contributed by atoms with van der Waals surface area (Å²) in [5, 5.41) is 5.01. The zero-order chi connectivity index (χ0) is 20.2. The average Bonchev–Trinajstić information content (AvgIpc) is 2.81. The first-order valence-electron chi connectivity index (χ1n) is 8.93. The van der Waals surface area contributed by atoms with Crippen LogP contribution in [0, 0.1) is 17.8 Å². The highest BCUT2D eigenvalue weighted by atomic mass is 16.2. The number of likely N-dealkylation sites (tertiary alicyclic amines) is 1. The lowest BCUT2D eigenvalue weighted by atomic mass is 9.94. The number of nitrogens with one attached hydrogen (secondary N) is 2. The first kappa shape index (κ1) is 21.8. The zero-order valence-electron chi connectivity index (χ0n) is 16.3. The fourth-order valence-corrected chi connectivity index (χ4v) is 2.80. The van der Waals surface area contributed by atoms with E-state index in [4.69, 9.17) is 0 Å². The van der Waals surface area contributed by atoms with E-state index in [2.05, 4.69) is 10.6 Å². The molecule has 8 heteroatoms. The van der Waals surface area contributed by atoms with Gasteiger partial charge in [0.1, 0.15) is 12.6 Å². The van der Waals surface area contributed by atoms with Crippen LogP contribution in [0.4, 0.5) is 0 Å². The minimum Gasteiger partial charge on any atom is -0.345 e. The van der Waals surface area contributed by atoms with Gasteiger partial charge in [0.25, 0.3) is 0 Å². The third-order valence-corrected chi connectivity index (χ3v) is 4.51. The maximum absolute atomic E-state index is 12.2. The number of carbonyl (C=O) groups is 5. The summed E-state index contributed by atoms with van der Waals surface area (Å²) in [5.74, 6) is -2.53. The van der Waals surface area contributed by atoms with Crippen LogP contribution in [-0.4, -0.2) is 52.9 Å². The number of Topliss-reactive ketones (excluding diaryl/α,β-unsaturated/α-hetero) is 1. The zero-order valence-corrected chi connectivity index (χ0v) is 16.3. The first-order valence-corrected chi connectivity index (χ1v) is 8.93. The third-order valence-electron chi connectivity index (χ3n) is 4.51. The van der Waals surface area contributed by atoms with E-state index in [0.29, 0.717) is 0 Å². The average molecular weight is 367 g/mol. The van der Waals surface area contributed by atoms with Crippen molar-refractivity contribution in [2.24, 2.45) is 17.8 Å². The van der Waals surface area contributed by atoms with E-state index in [1.54, 1.807) is 20.8 Å². The van der Waals surface area contributed by atoms with Gasteiger partial charge in [0.05, 0.1) is 6.04 Å². The van der Waals surface area contributed by atoms with Gasteiger partial charge in [0.15, 0.2) is 5.78 Å². The molecular formula is C18H29N3O5. The fraction of sp³-hybridized carbons (Fsp3) is 0.722. The molecule has 0 spiro atoms. The number of imide groups is 1. The smallest absolute Gasteiger partial charge is 0.242 e. The molecule has 2 N–H and O–H groups in total. The molecular weight excluding hydrogens is 338 g/mol. The van der Waals surface area contributed by atoms with Crippen LogP contribution in [0.3, 0.4) is 0 Å². The third kappa shape index (κ3) is 5.37. The Morgan fingerprint density at radius 2 is 1.58 bits per heavy atom. The van der Waals surface area contributed by atoms with Gasteiger partial charge in [0, 0.05) is 18.3 Å². The molecule has 1 rings (SSSR count). The lowest BCUT2D eigenvalue weighted by Gasteiger charge is -2.20. The topological polar surface area (TPSA) is 113 Å². The van der Waals surface area contributed by atoms with Gasteiger partial charge >= 0.3 is 0 Å². The number of carbonyl (C=O) groups excluding carboxylic acids is 5. The molecule has 3 atom stereocenters. The van der Waals surface area contributed by atoms with Crippen molar-refractivity contribution in [1.82, 2.24) is 15.5 Å². The molecule has 1 saturated heterocycles. The van der Waals surface area contributed by atoms with E-state index in [0.717, 1.165) is 4.90 Å². The van der Waals surface area contributed by atoms with Gasteiger partial charge in [0.2, 0.25) is 23.6 Å². The van der Waals surface area contributed by atoms with Crippen molar-refractivity contribution in [1.29, 1.82) is 0 Å². The lowest BCUT2D eigenvalue weighted by molar-refractivity contribution is -0.143. The summed E-state index contributed by atoms with van der Waals surface area (Å²) in [6.07, 6.45) is 0.106. The molecule has 1 heterocycles. The van der Waals surface area contributed by atoms with Gasteiger partial charge < -0.3 is 10.6 Å². The predicted octanol–water partition coefficient (Wildman–Crippen LogP) is 0.252. The summed E-state index contributed by atoms with van der Waals surface area (Å²) in [5.41, 5.74) is 0. The Morgan fingerprint density at radius 3 is 2.04 bits per heavy atom. The van der Waals surface area contributed by atoms with Crippen molar-refractivity contribution < 1.29 is 24.0 Å². The summed E-state index contributed by atoms with van der Waals surface area (Å²) in [6, 6.07) is -1.55. The maximum Gasteiger partial charge on any atom is 0.242 e. The molecule has 1 unspecified atom stereocenters. The summed E-state index contributed by atoms with van der Waals surface area (Å²) >= 11 is 0. The molecule has 0 aliphatic carbocycles. The van der Waals surface area contributed by atoms with Crippen molar-refractivity contribution in [3.63, 3.8) is 0 Å². The molecule has 1 aliphatic heterocycles. The van der Waals surface area contributed by atoms with Gasteiger partial charge in [-0.2, -0.15) is 0 Å². The quantitative estimate of drug-likeness (QED) is 0.597. The molecule has 0 saturated carbocycles. The fourth-order valence-electron chi connectivity index (χ4n) is 2.80. The Bertz CT molecular complexity index is 600. The Kier molecular flexibility index (Phi) is 7.47. The molecule has 0 aromatic carbocycles. The highest BCUT2D eigenvalue weighted by Crippen LogP contribution is 2.25. The molecule has 0 bridgehead atoms. The second-order valence-electron chi connectivity index (χ2n) is 7.45. The SMILES string of the molecule is CC(C)C(=O)[C@H](C)NC(=O)[C@H](C)NC(=O)CN1C(=O)CC(C(C)C)C1=O. The Morgan fingerprint density at radius 1 is 1.00 bits per heavy atom. The standard InChI is InChI=1S/C18H29N3O5/c1-9(2)13-7-15(23)21(18(13)26)8-14(22)19-12(6)17(25)20-11(5)16(24)10(3)4/h9-13H,7-8H2,1-6H3,(H,19,22)(H,20,25)/t11-,12-,13?/m0/s1. The van der Waals surface area contributed by atoms with Crippen LogP contribution in [-0.2, 0) is 24.0 Å². The highest BCUT2D eigenvalue weighted by Gasteiger charge is 2.40. The summed E-state index contributed by atoms with van der Waals surface area (Å²) in [4.78, 5) is 61.1. The van der Waals surface area contributed by atoms with Gasteiger partial charge in [-0.1, -0.05) is 27.7 Å². The van der Waals surface area contributed by atoms with E-state index in [-0.39, 0.29) is 35.9 Å². The summed E-state index contributed by atoms with van der Waals surface area (Å²) < 4.78 is 0. The van der Waals surface area contributed by atoms with E-state index in [9.17, 15) is 24.0 Å².